The Balaban J connectivity index is 1.64. The first-order valence-corrected chi connectivity index (χ1v) is 12.2. The van der Waals surface area contributed by atoms with Crippen LogP contribution in [0.25, 0.3) is 0 Å². The summed E-state index contributed by atoms with van der Waals surface area (Å²) in [5, 5.41) is 7.49. The Hall–Kier alpha value is -2.81. The lowest BCUT2D eigenvalue weighted by molar-refractivity contribution is -0.130. The van der Waals surface area contributed by atoms with E-state index in [0.29, 0.717) is 27.3 Å². The van der Waals surface area contributed by atoms with Crippen molar-refractivity contribution in [2.45, 2.75) is 18.7 Å². The smallest absolute Gasteiger partial charge is 0.236 e. The van der Waals surface area contributed by atoms with Crippen molar-refractivity contribution in [3.05, 3.63) is 81.8 Å². The van der Waals surface area contributed by atoms with E-state index in [0.717, 1.165) is 15.7 Å². The highest BCUT2D eigenvalue weighted by Gasteiger charge is 2.59. The van der Waals surface area contributed by atoms with Crippen molar-refractivity contribution in [2.75, 3.05) is 17.3 Å². The summed E-state index contributed by atoms with van der Waals surface area (Å²) in [7, 11) is 1.60. The monoisotopic (exact) mass is 557 g/mol. The summed E-state index contributed by atoms with van der Waals surface area (Å²) in [4.78, 5) is 15.7. The number of rotatable bonds is 4. The number of anilines is 2. The van der Waals surface area contributed by atoms with Gasteiger partial charge in [-0.1, -0.05) is 39.7 Å². The van der Waals surface area contributed by atoms with Crippen LogP contribution in [0.4, 0.5) is 11.4 Å². The van der Waals surface area contributed by atoms with Crippen LogP contribution in [0.2, 0.25) is 5.02 Å². The van der Waals surface area contributed by atoms with Gasteiger partial charge in [-0.15, -0.1) is 0 Å². The minimum atomic E-state index is -1.14. The normalized spacial score (nSPS) is 22.8. The zero-order valence-corrected chi connectivity index (χ0v) is 21.5. The molecule has 5 rings (SSSR count). The van der Waals surface area contributed by atoms with Gasteiger partial charge in [0.05, 0.1) is 13.2 Å². The van der Waals surface area contributed by atoms with E-state index in [-0.39, 0.29) is 5.91 Å². The maximum Gasteiger partial charge on any atom is 0.236 e. The van der Waals surface area contributed by atoms with E-state index in [2.05, 4.69) is 26.6 Å². The van der Waals surface area contributed by atoms with Gasteiger partial charge in [-0.25, -0.2) is 0 Å². The zero-order chi connectivity index (χ0) is 24.0. The number of halogens is 2. The first kappa shape index (κ1) is 23.0. The van der Waals surface area contributed by atoms with Crippen LogP contribution in [-0.2, 0) is 4.79 Å². The highest BCUT2D eigenvalue weighted by atomic mass is 79.9. The van der Waals surface area contributed by atoms with Crippen LogP contribution in [0.15, 0.2) is 71.2 Å². The molecular weight excluding hydrogens is 538 g/mol. The Kier molecular flexibility index (Phi) is 5.91. The molecule has 2 aliphatic heterocycles. The van der Waals surface area contributed by atoms with Crippen LogP contribution in [0.3, 0.4) is 0 Å². The van der Waals surface area contributed by atoms with Crippen molar-refractivity contribution in [1.29, 1.82) is 0 Å². The van der Waals surface area contributed by atoms with Crippen molar-refractivity contribution in [3.8, 4) is 11.5 Å². The average Bonchev–Trinajstić information content (AvgIpc) is 2.81. The molecule has 6 nitrogen and oxygen atoms in total. The third-order valence-electron chi connectivity index (χ3n) is 6.19. The van der Waals surface area contributed by atoms with Gasteiger partial charge >= 0.3 is 0 Å². The van der Waals surface area contributed by atoms with E-state index in [1.807, 2.05) is 54.3 Å². The van der Waals surface area contributed by atoms with Gasteiger partial charge < -0.3 is 20.1 Å². The quantitative estimate of drug-likeness (QED) is 0.388. The Morgan fingerprint density at radius 3 is 2.56 bits per heavy atom. The SMILES string of the molecule is COc1cccc2c1O[C@@]1(C)[C@@H](C(=O)Nc3ccc(Cl)cc3)[C@@H]2NC(=S)N1c1ccc(Br)cc1. The molecule has 1 fully saturated rings. The second-order valence-corrected chi connectivity index (χ2v) is 9.99. The van der Waals surface area contributed by atoms with Gasteiger partial charge in [0.15, 0.2) is 22.3 Å². The maximum absolute atomic E-state index is 13.8. The summed E-state index contributed by atoms with van der Waals surface area (Å²) < 4.78 is 13.2. The molecule has 34 heavy (non-hydrogen) atoms. The predicted molar refractivity (Wildman–Crippen MR) is 141 cm³/mol. The Bertz CT molecular complexity index is 1270. The van der Waals surface area contributed by atoms with E-state index in [9.17, 15) is 4.79 Å². The summed E-state index contributed by atoms with van der Waals surface area (Å²) in [5.41, 5.74) is 1.11. The van der Waals surface area contributed by atoms with Crippen LogP contribution >= 0.6 is 39.7 Å². The van der Waals surface area contributed by atoms with E-state index in [1.54, 1.807) is 31.4 Å². The molecule has 9 heteroatoms. The molecular formula is C25H21BrClN3O3S. The van der Waals surface area contributed by atoms with E-state index in [1.165, 1.54) is 0 Å². The predicted octanol–water partition coefficient (Wildman–Crippen LogP) is 5.91. The third-order valence-corrected chi connectivity index (χ3v) is 7.27. The number of ether oxygens (including phenoxy) is 2. The van der Waals surface area contributed by atoms with E-state index in [4.69, 9.17) is 33.3 Å². The molecule has 2 bridgehead atoms. The van der Waals surface area contributed by atoms with Crippen LogP contribution in [0.1, 0.15) is 18.5 Å². The molecule has 1 amide bonds. The number of nitrogens with zero attached hydrogens (tertiary/aromatic N) is 1. The molecule has 174 valence electrons. The molecule has 0 radical (unpaired) electrons. The number of hydrogen-bond acceptors (Lipinski definition) is 4. The van der Waals surface area contributed by atoms with Crippen LogP contribution in [0.5, 0.6) is 11.5 Å². The second-order valence-electron chi connectivity index (χ2n) is 8.25. The molecule has 0 saturated carbocycles. The van der Waals surface area contributed by atoms with Crippen LogP contribution in [-0.4, -0.2) is 23.9 Å². The Labute approximate surface area is 216 Å². The fourth-order valence-electron chi connectivity index (χ4n) is 4.66. The topological polar surface area (TPSA) is 62.8 Å². The number of hydrogen-bond donors (Lipinski definition) is 2. The molecule has 0 spiro atoms. The molecule has 3 aromatic carbocycles. The van der Waals surface area contributed by atoms with Crippen LogP contribution < -0.4 is 25.0 Å². The van der Waals surface area contributed by atoms with Gasteiger partial charge in [-0.2, -0.15) is 0 Å². The fourth-order valence-corrected chi connectivity index (χ4v) is 5.47. The number of para-hydroxylation sites is 1. The van der Waals surface area contributed by atoms with Crippen molar-refractivity contribution >= 4 is 62.1 Å². The number of carbonyl (C=O) groups is 1. The van der Waals surface area contributed by atoms with E-state index >= 15 is 0 Å². The number of amides is 1. The number of nitrogens with one attached hydrogen (secondary N) is 2. The van der Waals surface area contributed by atoms with Crippen molar-refractivity contribution < 1.29 is 14.3 Å². The van der Waals surface area contributed by atoms with Gasteiger partial charge in [-0.05, 0) is 73.7 Å². The molecule has 0 aromatic heterocycles. The highest BCUT2D eigenvalue weighted by Crippen LogP contribution is 2.52. The third kappa shape index (κ3) is 3.79. The van der Waals surface area contributed by atoms with Gasteiger partial charge in [0.2, 0.25) is 5.91 Å². The molecule has 3 atom stereocenters. The van der Waals surface area contributed by atoms with Gasteiger partial charge in [0.25, 0.3) is 0 Å². The van der Waals surface area contributed by atoms with Crippen molar-refractivity contribution in [2.24, 2.45) is 5.92 Å². The fraction of sp³-hybridized carbons (Fsp3) is 0.200. The minimum absolute atomic E-state index is 0.208. The molecule has 1 saturated heterocycles. The second kappa shape index (κ2) is 8.76. The van der Waals surface area contributed by atoms with Gasteiger partial charge in [0.1, 0.15) is 5.92 Å². The maximum atomic E-state index is 13.8. The lowest BCUT2D eigenvalue weighted by Crippen LogP contribution is -2.72. The number of methoxy groups -OCH3 is 1. The lowest BCUT2D eigenvalue weighted by atomic mass is 9.78. The standard InChI is InChI=1S/C25H21BrClN3O3S/c1-25-20(23(31)28-16-10-8-15(27)9-11-16)21(18-4-3-5-19(32-2)22(18)33-25)29-24(34)30(25)17-12-6-14(26)7-13-17/h3-13,20-21H,1-2H3,(H,28,31)(H,29,34)/t20-,21-,25+/m1/s1. The first-order chi connectivity index (χ1) is 16.3. The number of fused-ring (bicyclic) bond motifs is 4. The molecule has 0 unspecified atom stereocenters. The summed E-state index contributed by atoms with van der Waals surface area (Å²) in [5.74, 6) is 0.319. The number of carbonyl (C=O) groups excluding carboxylic acids is 1. The summed E-state index contributed by atoms with van der Waals surface area (Å²) >= 11 is 15.3. The molecule has 2 N–H and O–H groups in total. The largest absolute Gasteiger partial charge is 0.493 e. The van der Waals surface area contributed by atoms with Crippen molar-refractivity contribution in [3.63, 3.8) is 0 Å². The summed E-state index contributed by atoms with van der Waals surface area (Å²) in [6.45, 7) is 1.89. The van der Waals surface area contributed by atoms with Crippen LogP contribution in [0, 0.1) is 5.92 Å². The Morgan fingerprint density at radius 2 is 1.88 bits per heavy atom. The molecule has 2 heterocycles. The summed E-state index contributed by atoms with van der Waals surface area (Å²) in [6, 6.07) is 19.9. The van der Waals surface area contributed by atoms with E-state index < -0.39 is 17.7 Å². The minimum Gasteiger partial charge on any atom is -0.493 e. The Morgan fingerprint density at radius 1 is 1.18 bits per heavy atom. The van der Waals surface area contributed by atoms with Gasteiger partial charge in [0, 0.05) is 26.4 Å². The highest BCUT2D eigenvalue weighted by molar-refractivity contribution is 9.10. The van der Waals surface area contributed by atoms with Crippen molar-refractivity contribution in [1.82, 2.24) is 5.32 Å². The number of benzene rings is 3. The number of thiocarbonyl (C=S) groups is 1. The molecule has 3 aromatic rings. The first-order valence-electron chi connectivity index (χ1n) is 10.6. The average molecular weight is 559 g/mol. The van der Waals surface area contributed by atoms with Gasteiger partial charge in [-0.3, -0.25) is 9.69 Å². The summed E-state index contributed by atoms with van der Waals surface area (Å²) in [6.07, 6.45) is 0. The molecule has 2 aliphatic rings. The lowest BCUT2D eigenvalue weighted by Gasteiger charge is -2.56. The molecule has 0 aliphatic carbocycles. The zero-order valence-electron chi connectivity index (χ0n) is 18.3.